The van der Waals surface area contributed by atoms with E-state index in [1.165, 1.54) is 11.3 Å². The Morgan fingerprint density at radius 2 is 2.32 bits per heavy atom. The highest BCUT2D eigenvalue weighted by atomic mass is 32.1. The van der Waals surface area contributed by atoms with E-state index in [4.69, 9.17) is 10.5 Å². The number of hydrogen-bond donors (Lipinski definition) is 3. The van der Waals surface area contributed by atoms with Crippen LogP contribution >= 0.6 is 24.0 Å². The quantitative estimate of drug-likeness (QED) is 0.756. The molecule has 5 nitrogen and oxygen atoms in total. The standard InChI is InChI=1S/C12H14N4OS2/c1-7(13)11(18)9-6-19-12(16-9)15-8-5-14-4-3-10(8)17-2/h3-6,18H,13H2,1-2H3,(H,15,16)/b11-7-. The predicted octanol–water partition coefficient (Wildman–Crippen LogP) is 2.87. The van der Waals surface area contributed by atoms with Crippen molar-refractivity contribution in [2.45, 2.75) is 6.92 Å². The Balaban J connectivity index is 2.23. The van der Waals surface area contributed by atoms with Crippen LogP contribution in [0.1, 0.15) is 12.6 Å². The zero-order valence-electron chi connectivity index (χ0n) is 10.5. The van der Waals surface area contributed by atoms with Crippen LogP contribution < -0.4 is 15.8 Å². The van der Waals surface area contributed by atoms with Crippen LogP contribution in [-0.4, -0.2) is 17.1 Å². The molecule has 0 radical (unpaired) electrons. The normalized spacial score (nSPS) is 11.9. The van der Waals surface area contributed by atoms with Crippen LogP contribution in [-0.2, 0) is 0 Å². The Labute approximate surface area is 120 Å². The molecule has 0 amide bonds. The average Bonchev–Trinajstić information content (AvgIpc) is 2.87. The van der Waals surface area contributed by atoms with Gasteiger partial charge in [0.2, 0.25) is 0 Å². The molecule has 0 fully saturated rings. The molecule has 0 saturated carbocycles. The van der Waals surface area contributed by atoms with Crippen molar-refractivity contribution in [3.8, 4) is 5.75 Å². The predicted molar refractivity (Wildman–Crippen MR) is 82.0 cm³/mol. The molecule has 0 aliphatic heterocycles. The SMILES string of the molecule is COc1ccncc1Nc1nc(/C(S)=C(\C)N)cs1. The second-order valence-corrected chi connectivity index (χ2v) is 5.08. The van der Waals surface area contributed by atoms with Crippen molar-refractivity contribution in [1.29, 1.82) is 0 Å². The Morgan fingerprint density at radius 1 is 1.53 bits per heavy atom. The van der Waals surface area contributed by atoms with E-state index in [1.807, 2.05) is 5.38 Å². The van der Waals surface area contributed by atoms with Gasteiger partial charge in [-0.05, 0) is 6.92 Å². The molecule has 19 heavy (non-hydrogen) atoms. The molecule has 2 rings (SSSR count). The lowest BCUT2D eigenvalue weighted by atomic mass is 10.4. The molecule has 0 aromatic carbocycles. The number of thiol groups is 1. The number of nitrogens with zero attached hydrogens (tertiary/aromatic N) is 2. The van der Waals surface area contributed by atoms with Crippen LogP contribution in [0, 0.1) is 0 Å². The van der Waals surface area contributed by atoms with Gasteiger partial charge in [-0.2, -0.15) is 0 Å². The number of nitrogens with one attached hydrogen (secondary N) is 1. The van der Waals surface area contributed by atoms with E-state index in [9.17, 15) is 0 Å². The molecule has 3 N–H and O–H groups in total. The van der Waals surface area contributed by atoms with Crippen LogP contribution in [0.2, 0.25) is 0 Å². The first-order chi connectivity index (χ1) is 9.11. The van der Waals surface area contributed by atoms with Crippen LogP contribution in [0.4, 0.5) is 10.8 Å². The Kier molecular flexibility index (Phi) is 4.28. The lowest BCUT2D eigenvalue weighted by Gasteiger charge is -2.07. The zero-order valence-corrected chi connectivity index (χ0v) is 12.3. The third-order valence-electron chi connectivity index (χ3n) is 2.36. The van der Waals surface area contributed by atoms with Gasteiger partial charge in [0.1, 0.15) is 11.4 Å². The molecule has 0 aliphatic carbocycles. The van der Waals surface area contributed by atoms with Crippen molar-refractivity contribution in [2.24, 2.45) is 5.73 Å². The summed E-state index contributed by atoms with van der Waals surface area (Å²) in [6.45, 7) is 1.79. The number of rotatable bonds is 4. The second-order valence-electron chi connectivity index (χ2n) is 3.77. The van der Waals surface area contributed by atoms with Gasteiger partial charge in [-0.15, -0.1) is 24.0 Å². The fraction of sp³-hybridized carbons (Fsp3) is 0.167. The molecule has 0 aliphatic rings. The summed E-state index contributed by atoms with van der Waals surface area (Å²) < 4.78 is 5.24. The van der Waals surface area contributed by atoms with Gasteiger partial charge in [-0.25, -0.2) is 4.98 Å². The van der Waals surface area contributed by atoms with Gasteiger partial charge in [0, 0.05) is 28.2 Å². The van der Waals surface area contributed by atoms with Crippen molar-refractivity contribution >= 4 is 39.7 Å². The summed E-state index contributed by atoms with van der Waals surface area (Å²) in [4.78, 5) is 9.14. The van der Waals surface area contributed by atoms with Crippen molar-refractivity contribution in [2.75, 3.05) is 12.4 Å². The summed E-state index contributed by atoms with van der Waals surface area (Å²) in [7, 11) is 1.61. The van der Waals surface area contributed by atoms with Crippen molar-refractivity contribution in [3.63, 3.8) is 0 Å². The van der Waals surface area contributed by atoms with E-state index in [0.29, 0.717) is 16.4 Å². The van der Waals surface area contributed by atoms with Gasteiger partial charge in [0.25, 0.3) is 0 Å². The van der Waals surface area contributed by atoms with Gasteiger partial charge in [0.05, 0.1) is 19.0 Å². The highest BCUT2D eigenvalue weighted by molar-refractivity contribution is 7.90. The first kappa shape index (κ1) is 13.7. The summed E-state index contributed by atoms with van der Waals surface area (Å²) in [6, 6.07) is 1.78. The average molecular weight is 294 g/mol. The zero-order chi connectivity index (χ0) is 13.8. The monoisotopic (exact) mass is 294 g/mol. The highest BCUT2D eigenvalue weighted by Crippen LogP contribution is 2.30. The first-order valence-corrected chi connectivity index (χ1v) is 6.80. The number of aromatic nitrogens is 2. The summed E-state index contributed by atoms with van der Waals surface area (Å²) in [6.07, 6.45) is 3.36. The number of allylic oxidation sites excluding steroid dienone is 1. The summed E-state index contributed by atoms with van der Waals surface area (Å²) in [5, 5.41) is 5.78. The van der Waals surface area contributed by atoms with E-state index >= 15 is 0 Å². The van der Waals surface area contributed by atoms with E-state index in [0.717, 1.165) is 16.5 Å². The van der Waals surface area contributed by atoms with Crippen molar-refractivity contribution < 1.29 is 4.74 Å². The third kappa shape index (κ3) is 3.18. The minimum Gasteiger partial charge on any atom is -0.494 e. The molecule has 0 unspecified atom stereocenters. The molecule has 2 aromatic heterocycles. The van der Waals surface area contributed by atoms with Gasteiger partial charge >= 0.3 is 0 Å². The van der Waals surface area contributed by atoms with E-state index in [2.05, 4.69) is 27.9 Å². The maximum Gasteiger partial charge on any atom is 0.187 e. The number of hydrogen-bond acceptors (Lipinski definition) is 7. The number of methoxy groups -OCH3 is 1. The number of anilines is 2. The molecule has 0 spiro atoms. The minimum absolute atomic E-state index is 0.638. The summed E-state index contributed by atoms with van der Waals surface area (Å²) in [5.41, 5.74) is 7.84. The maximum absolute atomic E-state index is 5.69. The number of pyridine rings is 1. The number of nitrogens with two attached hydrogens (primary N) is 1. The Bertz CT molecular complexity index is 605. The molecule has 2 aromatic rings. The van der Waals surface area contributed by atoms with Crippen LogP contribution in [0.25, 0.3) is 4.91 Å². The van der Waals surface area contributed by atoms with Crippen molar-refractivity contribution in [1.82, 2.24) is 9.97 Å². The lowest BCUT2D eigenvalue weighted by molar-refractivity contribution is 0.416. The smallest absolute Gasteiger partial charge is 0.187 e. The summed E-state index contributed by atoms with van der Waals surface area (Å²) >= 11 is 5.79. The fourth-order valence-electron chi connectivity index (χ4n) is 1.41. The van der Waals surface area contributed by atoms with Gasteiger partial charge < -0.3 is 15.8 Å². The van der Waals surface area contributed by atoms with Crippen LogP contribution in [0.15, 0.2) is 29.5 Å². The summed E-state index contributed by atoms with van der Waals surface area (Å²) in [5.74, 6) is 0.711. The Hall–Kier alpha value is -1.73. The van der Waals surface area contributed by atoms with E-state index in [1.54, 1.807) is 32.5 Å². The van der Waals surface area contributed by atoms with Crippen molar-refractivity contribution in [3.05, 3.63) is 35.2 Å². The number of thiazole rings is 1. The maximum atomic E-state index is 5.69. The molecule has 0 atom stereocenters. The van der Waals surface area contributed by atoms with Gasteiger partial charge in [-0.1, -0.05) is 0 Å². The first-order valence-electron chi connectivity index (χ1n) is 5.48. The van der Waals surface area contributed by atoms with Gasteiger partial charge in [0.15, 0.2) is 5.13 Å². The van der Waals surface area contributed by atoms with E-state index < -0.39 is 0 Å². The van der Waals surface area contributed by atoms with E-state index in [-0.39, 0.29) is 0 Å². The topological polar surface area (TPSA) is 73.1 Å². The second kappa shape index (κ2) is 5.94. The molecule has 7 heteroatoms. The lowest BCUT2D eigenvalue weighted by Crippen LogP contribution is -1.96. The molecule has 2 heterocycles. The Morgan fingerprint density at radius 3 is 3.00 bits per heavy atom. The van der Waals surface area contributed by atoms with Crippen LogP contribution in [0.3, 0.4) is 0 Å². The molecular formula is C12H14N4OS2. The number of ether oxygens (including phenoxy) is 1. The van der Waals surface area contributed by atoms with Crippen LogP contribution in [0.5, 0.6) is 5.75 Å². The molecule has 0 saturated heterocycles. The fourth-order valence-corrected chi connectivity index (χ4v) is 2.33. The largest absolute Gasteiger partial charge is 0.494 e. The third-order valence-corrected chi connectivity index (χ3v) is 3.70. The highest BCUT2D eigenvalue weighted by Gasteiger charge is 2.08. The molecular weight excluding hydrogens is 280 g/mol. The molecule has 100 valence electrons. The molecule has 0 bridgehead atoms. The minimum atomic E-state index is 0.638. The van der Waals surface area contributed by atoms with Gasteiger partial charge in [-0.3, -0.25) is 4.98 Å².